The van der Waals surface area contributed by atoms with Gasteiger partial charge in [0.1, 0.15) is 12.3 Å². The maximum absolute atomic E-state index is 12.3. The van der Waals surface area contributed by atoms with Gasteiger partial charge in [-0.2, -0.15) is 0 Å². The van der Waals surface area contributed by atoms with Crippen LogP contribution in [0.3, 0.4) is 0 Å². The molecule has 0 bridgehead atoms. The number of rotatable bonds is 10. The predicted molar refractivity (Wildman–Crippen MR) is 115 cm³/mol. The van der Waals surface area contributed by atoms with Crippen LogP contribution in [0.4, 0.5) is 0 Å². The molecule has 6 nitrogen and oxygen atoms in total. The number of hydrogen-bond donors (Lipinski definition) is 1. The molecule has 2 aromatic carbocycles. The van der Waals surface area contributed by atoms with Crippen molar-refractivity contribution in [1.82, 2.24) is 5.32 Å². The fraction of sp³-hybridized carbons (Fsp3) is 0.375. The third-order valence-corrected chi connectivity index (χ3v) is 4.78. The van der Waals surface area contributed by atoms with Gasteiger partial charge >= 0.3 is 5.97 Å². The zero-order chi connectivity index (χ0) is 22.1. The second-order valence-corrected chi connectivity index (χ2v) is 7.24. The van der Waals surface area contributed by atoms with Gasteiger partial charge in [0, 0.05) is 11.1 Å². The van der Waals surface area contributed by atoms with Crippen molar-refractivity contribution in [2.75, 3.05) is 19.8 Å². The largest absolute Gasteiger partial charge is 0.494 e. The topological polar surface area (TPSA) is 81.7 Å². The van der Waals surface area contributed by atoms with Gasteiger partial charge in [-0.25, -0.2) is 0 Å². The smallest absolute Gasteiger partial charge is 0.325 e. The zero-order valence-corrected chi connectivity index (χ0v) is 18.0. The molecule has 30 heavy (non-hydrogen) atoms. The number of Topliss-reactive ketones (excluding diaryl/α,β-unsaturated/α-hetero) is 1. The van der Waals surface area contributed by atoms with Crippen molar-refractivity contribution in [3.05, 3.63) is 64.2 Å². The molecule has 0 fully saturated rings. The van der Waals surface area contributed by atoms with Crippen LogP contribution in [0.1, 0.15) is 57.2 Å². The quantitative estimate of drug-likeness (QED) is 0.364. The lowest BCUT2D eigenvalue weighted by Gasteiger charge is -2.10. The molecule has 1 amide bonds. The van der Waals surface area contributed by atoms with Crippen LogP contribution in [0.25, 0.3) is 0 Å². The minimum absolute atomic E-state index is 0.270. The van der Waals surface area contributed by atoms with Crippen molar-refractivity contribution in [1.29, 1.82) is 0 Å². The fourth-order valence-corrected chi connectivity index (χ4v) is 2.83. The summed E-state index contributed by atoms with van der Waals surface area (Å²) in [5.41, 5.74) is 3.90. The van der Waals surface area contributed by atoms with Gasteiger partial charge in [-0.05, 0) is 74.2 Å². The number of ether oxygens (including phenoxy) is 2. The third kappa shape index (κ3) is 6.72. The number of carbonyl (C=O) groups excluding carboxylic acids is 3. The van der Waals surface area contributed by atoms with Gasteiger partial charge in [0.25, 0.3) is 5.91 Å². The molecule has 0 aromatic heterocycles. The van der Waals surface area contributed by atoms with Crippen molar-refractivity contribution in [2.45, 2.75) is 40.5 Å². The van der Waals surface area contributed by atoms with Gasteiger partial charge in [0.15, 0.2) is 6.61 Å². The van der Waals surface area contributed by atoms with E-state index < -0.39 is 11.9 Å². The fourth-order valence-electron chi connectivity index (χ4n) is 2.83. The van der Waals surface area contributed by atoms with E-state index in [4.69, 9.17) is 9.47 Å². The van der Waals surface area contributed by atoms with Crippen molar-refractivity contribution in [3.8, 4) is 5.75 Å². The predicted octanol–water partition coefficient (Wildman–Crippen LogP) is 3.95. The van der Waals surface area contributed by atoms with Gasteiger partial charge in [-0.3, -0.25) is 14.4 Å². The number of hydrogen-bond acceptors (Lipinski definition) is 5. The Hall–Kier alpha value is -3.15. The molecule has 1 N–H and O–H groups in total. The molecule has 0 spiro atoms. The molecular formula is C24H29NO5. The van der Waals surface area contributed by atoms with Crippen molar-refractivity contribution >= 4 is 17.7 Å². The standard InChI is InChI=1S/C24H29NO5/c1-5-6-11-29-20-9-7-19(8-10-20)24(28)25-14-23(27)30-15-22(26)21-13-17(3)16(2)12-18(21)4/h7-10,12-13H,5-6,11,14-15H2,1-4H3,(H,25,28). The van der Waals surface area contributed by atoms with Gasteiger partial charge in [-0.1, -0.05) is 19.4 Å². The first-order valence-electron chi connectivity index (χ1n) is 10.1. The van der Waals surface area contributed by atoms with E-state index in [9.17, 15) is 14.4 Å². The molecule has 160 valence electrons. The Morgan fingerprint density at radius 2 is 1.60 bits per heavy atom. The minimum atomic E-state index is -0.669. The summed E-state index contributed by atoms with van der Waals surface area (Å²) in [6, 6.07) is 10.4. The highest BCUT2D eigenvalue weighted by molar-refractivity contribution is 6.00. The highest BCUT2D eigenvalue weighted by atomic mass is 16.5. The zero-order valence-electron chi connectivity index (χ0n) is 18.0. The molecule has 2 rings (SSSR count). The van der Waals surface area contributed by atoms with Crippen molar-refractivity contribution < 1.29 is 23.9 Å². The Morgan fingerprint density at radius 3 is 2.27 bits per heavy atom. The summed E-state index contributed by atoms with van der Waals surface area (Å²) in [5.74, 6) is -0.644. The molecule has 0 saturated heterocycles. The second kappa shape index (κ2) is 11.1. The Bertz CT molecular complexity index is 903. The molecule has 2 aromatic rings. The number of nitrogens with one attached hydrogen (secondary N) is 1. The summed E-state index contributed by atoms with van der Waals surface area (Å²) in [6.45, 7) is 7.80. The van der Waals surface area contributed by atoms with E-state index >= 15 is 0 Å². The molecule has 6 heteroatoms. The summed E-state index contributed by atoms with van der Waals surface area (Å²) in [5, 5.41) is 2.50. The van der Waals surface area contributed by atoms with Crippen LogP contribution < -0.4 is 10.1 Å². The van der Waals surface area contributed by atoms with Gasteiger partial charge in [0.2, 0.25) is 5.78 Å². The highest BCUT2D eigenvalue weighted by Crippen LogP contribution is 2.16. The average molecular weight is 411 g/mol. The van der Waals surface area contributed by atoms with Crippen LogP contribution in [0, 0.1) is 20.8 Å². The van der Waals surface area contributed by atoms with E-state index in [-0.39, 0.29) is 18.9 Å². The molecule has 0 atom stereocenters. The van der Waals surface area contributed by atoms with E-state index in [0.29, 0.717) is 23.5 Å². The summed E-state index contributed by atoms with van der Waals surface area (Å²) in [6.07, 6.45) is 2.02. The molecule has 0 saturated carbocycles. The van der Waals surface area contributed by atoms with Crippen LogP contribution in [0.15, 0.2) is 36.4 Å². The minimum Gasteiger partial charge on any atom is -0.494 e. The Balaban J connectivity index is 1.79. The summed E-state index contributed by atoms with van der Waals surface area (Å²) in [7, 11) is 0. The van der Waals surface area contributed by atoms with Gasteiger partial charge < -0.3 is 14.8 Å². The molecular weight excluding hydrogens is 382 g/mol. The lowest BCUT2D eigenvalue weighted by Crippen LogP contribution is -2.31. The van der Waals surface area contributed by atoms with Crippen LogP contribution in [-0.2, 0) is 9.53 Å². The van der Waals surface area contributed by atoms with Crippen LogP contribution >= 0.6 is 0 Å². The monoisotopic (exact) mass is 411 g/mol. The number of esters is 1. The van der Waals surface area contributed by atoms with Crippen molar-refractivity contribution in [3.63, 3.8) is 0 Å². The summed E-state index contributed by atoms with van der Waals surface area (Å²) >= 11 is 0. The Kier molecular flexibility index (Phi) is 8.59. The third-order valence-electron chi connectivity index (χ3n) is 4.78. The molecule has 0 aliphatic heterocycles. The summed E-state index contributed by atoms with van der Waals surface area (Å²) in [4.78, 5) is 36.4. The maximum Gasteiger partial charge on any atom is 0.325 e. The first kappa shape index (κ1) is 23.1. The van der Waals surface area contributed by atoms with Gasteiger partial charge in [0.05, 0.1) is 6.61 Å². The molecule has 0 radical (unpaired) electrons. The first-order chi connectivity index (χ1) is 14.3. The molecule has 0 aliphatic carbocycles. The van der Waals surface area contributed by atoms with E-state index in [0.717, 1.165) is 29.5 Å². The van der Waals surface area contributed by atoms with E-state index in [1.165, 1.54) is 0 Å². The number of benzene rings is 2. The van der Waals surface area contributed by atoms with E-state index in [1.54, 1.807) is 30.3 Å². The normalized spacial score (nSPS) is 10.4. The molecule has 0 aliphatic rings. The number of carbonyl (C=O) groups is 3. The van der Waals surface area contributed by atoms with Crippen LogP contribution in [0.5, 0.6) is 5.75 Å². The maximum atomic E-state index is 12.3. The van der Waals surface area contributed by atoms with E-state index in [1.807, 2.05) is 26.8 Å². The summed E-state index contributed by atoms with van der Waals surface area (Å²) < 4.78 is 10.6. The van der Waals surface area contributed by atoms with E-state index in [2.05, 4.69) is 12.2 Å². The number of ketones is 1. The first-order valence-corrected chi connectivity index (χ1v) is 10.1. The van der Waals surface area contributed by atoms with Gasteiger partial charge in [-0.15, -0.1) is 0 Å². The highest BCUT2D eigenvalue weighted by Gasteiger charge is 2.14. The molecule has 0 heterocycles. The average Bonchev–Trinajstić information content (AvgIpc) is 2.73. The Labute approximate surface area is 177 Å². The van der Waals surface area contributed by atoms with Crippen molar-refractivity contribution in [2.24, 2.45) is 0 Å². The SMILES string of the molecule is CCCCOc1ccc(C(=O)NCC(=O)OCC(=O)c2cc(C)c(C)cc2C)cc1. The molecule has 0 unspecified atom stereocenters. The number of aryl methyl sites for hydroxylation is 3. The van der Waals surface area contributed by atoms with Crippen LogP contribution in [0.2, 0.25) is 0 Å². The lowest BCUT2D eigenvalue weighted by atomic mass is 9.98. The Morgan fingerprint density at radius 1 is 0.933 bits per heavy atom. The number of amides is 1. The van der Waals surface area contributed by atoms with Crippen LogP contribution in [-0.4, -0.2) is 37.4 Å². The second-order valence-electron chi connectivity index (χ2n) is 7.24. The lowest BCUT2D eigenvalue weighted by molar-refractivity contribution is -0.141. The number of unbranched alkanes of at least 4 members (excludes halogenated alkanes) is 1.